The number of halogens is 3. The number of Topliss-reactive ketones (excluding diaryl/α,β-unsaturated/α-hetero) is 3. The minimum Gasteiger partial charge on any atom is -0.475 e. The van der Waals surface area contributed by atoms with Crippen LogP contribution in [0.1, 0.15) is 97.1 Å². The number of aromatic nitrogens is 3. The number of carboxylic acid groups (broad SMARTS) is 1. The molecule has 0 unspecified atom stereocenters. The highest BCUT2D eigenvalue weighted by molar-refractivity contribution is 6.18. The second-order valence-electron chi connectivity index (χ2n) is 23.0. The van der Waals surface area contributed by atoms with E-state index in [-0.39, 0.29) is 38.5 Å². The Kier molecular flexibility index (Phi) is 22.6. The number of carbonyl (C=O) groups excluding carboxylic acids is 6. The van der Waals surface area contributed by atoms with Gasteiger partial charge in [0.05, 0.1) is 0 Å². The van der Waals surface area contributed by atoms with Gasteiger partial charge in [-0.2, -0.15) is 13.2 Å². The zero-order valence-corrected chi connectivity index (χ0v) is 50.7. The van der Waals surface area contributed by atoms with Gasteiger partial charge in [0.1, 0.15) is 0 Å². The average Bonchev–Trinajstić information content (AvgIpc) is 1.23. The Labute approximate surface area is 528 Å². The summed E-state index contributed by atoms with van der Waals surface area (Å²) in [5.41, 5.74) is 40.8. The van der Waals surface area contributed by atoms with Crippen molar-refractivity contribution in [2.24, 2.45) is 34.4 Å². The summed E-state index contributed by atoms with van der Waals surface area (Å²) in [4.78, 5) is 104. The van der Waals surface area contributed by atoms with Crippen LogP contribution in [-0.4, -0.2) is 104 Å². The molecule has 0 aliphatic heterocycles. The number of amides is 3. The topological polar surface area (TPSA) is 379 Å². The molecule has 0 bridgehead atoms. The number of hydrogen-bond donors (Lipinski definition) is 13. The first-order valence-corrected chi connectivity index (χ1v) is 30.3. The lowest BCUT2D eigenvalue weighted by Crippen LogP contribution is -2.58. The summed E-state index contributed by atoms with van der Waals surface area (Å²) in [5, 5.41) is 18.5. The van der Waals surface area contributed by atoms with Gasteiger partial charge in [0.25, 0.3) is 17.7 Å². The molecule has 9 rings (SSSR count). The molecule has 0 saturated carbocycles. The zero-order chi connectivity index (χ0) is 66.2. The van der Waals surface area contributed by atoms with E-state index in [1.54, 1.807) is 55.0 Å². The van der Waals surface area contributed by atoms with Crippen molar-refractivity contribution in [2.75, 3.05) is 35.6 Å². The van der Waals surface area contributed by atoms with Crippen molar-refractivity contribution in [1.82, 2.24) is 15.0 Å². The molecular formula is C69H77F3N12O8. The number of para-hydroxylation sites is 3. The number of alkyl halides is 3. The quantitative estimate of drug-likeness (QED) is 0.0114. The molecular weight excluding hydrogens is 1180 g/mol. The molecule has 0 radical (unpaired) electrons. The smallest absolute Gasteiger partial charge is 0.475 e. The first kappa shape index (κ1) is 68.3. The Morgan fingerprint density at radius 2 is 0.652 bits per heavy atom. The summed E-state index contributed by atoms with van der Waals surface area (Å²) in [6.45, 7) is 1.13. The summed E-state index contributed by atoms with van der Waals surface area (Å²) in [7, 11) is 0. The Balaban J connectivity index is 0.00000147. The van der Waals surface area contributed by atoms with Gasteiger partial charge in [0, 0.05) is 93.5 Å². The van der Waals surface area contributed by atoms with Crippen LogP contribution in [0, 0.1) is 0 Å². The fourth-order valence-electron chi connectivity index (χ4n) is 11.2. The van der Waals surface area contributed by atoms with Crippen molar-refractivity contribution in [1.29, 1.82) is 0 Å². The highest BCUT2D eigenvalue weighted by Gasteiger charge is 2.44. The van der Waals surface area contributed by atoms with Gasteiger partial charge in [-0.3, -0.25) is 28.8 Å². The highest BCUT2D eigenvalue weighted by atomic mass is 19.4. The van der Waals surface area contributed by atoms with Gasteiger partial charge in [-0.25, -0.2) is 4.79 Å². The summed E-state index contributed by atoms with van der Waals surface area (Å²) in [6, 6.07) is 44.5. The molecule has 0 aliphatic rings. The fourth-order valence-corrected chi connectivity index (χ4v) is 11.2. The number of hydrogen-bond acceptors (Lipinski definition) is 13. The summed E-state index contributed by atoms with van der Waals surface area (Å²) in [5.74, 6) is -6.45. The number of carbonyl (C=O) groups is 7. The number of fused-ring (bicyclic) bond motifs is 3. The first-order valence-electron chi connectivity index (χ1n) is 30.3. The third kappa shape index (κ3) is 16.3. The van der Waals surface area contributed by atoms with Crippen molar-refractivity contribution >= 4 is 90.8 Å². The summed E-state index contributed by atoms with van der Waals surface area (Å²) >= 11 is 0. The van der Waals surface area contributed by atoms with E-state index in [2.05, 4.69) is 30.9 Å². The molecule has 92 heavy (non-hydrogen) atoms. The van der Waals surface area contributed by atoms with Crippen molar-refractivity contribution in [2.45, 2.75) is 106 Å². The van der Waals surface area contributed by atoms with Crippen LogP contribution in [0.4, 0.5) is 30.2 Å². The maximum Gasteiger partial charge on any atom is 0.490 e. The molecule has 3 aromatic heterocycles. The van der Waals surface area contributed by atoms with E-state index in [9.17, 15) is 41.9 Å². The average molecular weight is 1260 g/mol. The lowest BCUT2D eigenvalue weighted by molar-refractivity contribution is -0.192. The minimum atomic E-state index is -5.08. The van der Waals surface area contributed by atoms with E-state index < -0.39 is 69.8 Å². The molecule has 9 aromatic rings. The van der Waals surface area contributed by atoms with Gasteiger partial charge in [-0.15, -0.1) is 0 Å². The van der Waals surface area contributed by atoms with Crippen LogP contribution in [0.3, 0.4) is 0 Å². The van der Waals surface area contributed by atoms with E-state index in [1.807, 2.05) is 109 Å². The third-order valence-electron chi connectivity index (χ3n) is 16.6. The minimum absolute atomic E-state index is 0.0558. The van der Waals surface area contributed by atoms with Gasteiger partial charge in [-0.1, -0.05) is 91.0 Å². The van der Waals surface area contributed by atoms with Crippen LogP contribution in [0.5, 0.6) is 0 Å². The van der Waals surface area contributed by atoms with Crippen LogP contribution in [0.2, 0.25) is 0 Å². The standard InChI is InChI=1S/C67H76N12O6.C2HF3O2/c68-34-10-7-31-65(71,58(80)37-46-40-74-55-16-4-1-13-52(46)55)62(83)77-49-25-19-43(20-26-49)61(44-21-27-50(28-22-44)78-63(84)66(72,32-8-11-35-69)59(81)38-47-41-75-56-17-5-2-14-53(47)56)45-23-29-51(30-24-45)79-64(85)67(73,33-9-12-36-70)60(82)39-48-42-76-57-18-6-3-15-54(48)57;3-2(4,5)1(6)7/h1-6,13-30,40-42,61,74-76H,7-12,31-39,68-73H2,(H,77,83)(H,78,84)(H,79,85);(H,6,7)/t65-,66-,67-;/m0./s1. The van der Waals surface area contributed by atoms with Crippen LogP contribution in [-0.2, 0) is 52.8 Å². The monoisotopic (exact) mass is 1260 g/mol. The van der Waals surface area contributed by atoms with Crippen molar-refractivity contribution in [3.63, 3.8) is 0 Å². The lowest BCUT2D eigenvalue weighted by Gasteiger charge is -2.28. The number of ketones is 3. The molecule has 23 heteroatoms. The van der Waals surface area contributed by atoms with E-state index in [4.69, 9.17) is 44.3 Å². The van der Waals surface area contributed by atoms with Gasteiger partial charge in [0.2, 0.25) is 0 Å². The summed E-state index contributed by atoms with van der Waals surface area (Å²) < 4.78 is 31.7. The van der Waals surface area contributed by atoms with Gasteiger partial charge < -0.3 is 70.4 Å². The van der Waals surface area contributed by atoms with Crippen LogP contribution in [0.25, 0.3) is 32.7 Å². The molecule has 0 spiro atoms. The number of aliphatic carboxylic acids is 1. The van der Waals surface area contributed by atoms with E-state index in [0.29, 0.717) is 75.2 Å². The maximum atomic E-state index is 14.3. The lowest BCUT2D eigenvalue weighted by atomic mass is 9.83. The van der Waals surface area contributed by atoms with E-state index in [0.717, 1.165) is 66.1 Å². The van der Waals surface area contributed by atoms with E-state index in [1.165, 1.54) is 0 Å². The number of benzene rings is 6. The molecule has 6 aromatic carbocycles. The predicted octanol–water partition coefficient (Wildman–Crippen LogP) is 8.67. The molecule has 3 atom stereocenters. The molecule has 0 saturated heterocycles. The Hall–Kier alpha value is -9.62. The zero-order valence-electron chi connectivity index (χ0n) is 50.7. The molecule has 482 valence electrons. The highest BCUT2D eigenvalue weighted by Crippen LogP contribution is 2.36. The Bertz CT molecular complexity index is 3660. The number of H-pyrrole nitrogens is 3. The Morgan fingerprint density at radius 3 is 0.891 bits per heavy atom. The predicted molar refractivity (Wildman–Crippen MR) is 350 cm³/mol. The van der Waals surface area contributed by atoms with Crippen LogP contribution in [0.15, 0.2) is 164 Å². The maximum absolute atomic E-state index is 14.3. The largest absolute Gasteiger partial charge is 0.490 e. The molecule has 19 N–H and O–H groups in total. The van der Waals surface area contributed by atoms with Crippen LogP contribution >= 0.6 is 0 Å². The number of nitrogens with one attached hydrogen (secondary N) is 6. The molecule has 0 fully saturated rings. The number of carboxylic acids is 1. The Morgan fingerprint density at radius 1 is 0.402 bits per heavy atom. The second kappa shape index (κ2) is 30.5. The number of unbranched alkanes of at least 4 members (excludes halogenated alkanes) is 3. The van der Waals surface area contributed by atoms with Crippen molar-refractivity contribution in [3.05, 3.63) is 198 Å². The third-order valence-corrected chi connectivity index (χ3v) is 16.6. The van der Waals surface area contributed by atoms with Crippen molar-refractivity contribution in [3.8, 4) is 0 Å². The number of aromatic amines is 3. The number of nitrogens with two attached hydrogens (primary N) is 6. The molecule has 20 nitrogen and oxygen atoms in total. The normalized spacial score (nSPS) is 13.5. The van der Waals surface area contributed by atoms with Gasteiger partial charge >= 0.3 is 12.1 Å². The summed E-state index contributed by atoms with van der Waals surface area (Å²) in [6.07, 6.45) is 3.44. The number of rotatable bonds is 30. The molecule has 3 amide bonds. The molecule has 3 heterocycles. The molecule has 0 aliphatic carbocycles. The van der Waals surface area contributed by atoms with Crippen molar-refractivity contribution < 1.29 is 51.8 Å². The number of anilines is 3. The second-order valence-corrected chi connectivity index (χ2v) is 23.0. The fraction of sp³-hybridized carbons (Fsp3) is 0.290. The van der Waals surface area contributed by atoms with Gasteiger partial charge in [0.15, 0.2) is 34.0 Å². The van der Waals surface area contributed by atoms with Gasteiger partial charge in [-0.05, 0) is 165 Å². The first-order chi connectivity index (χ1) is 44.0. The van der Waals surface area contributed by atoms with Crippen LogP contribution < -0.4 is 50.4 Å². The SMILES string of the molecule is NCCCC[C@](N)(C(=O)Cc1c[nH]c2ccccc12)C(=O)Nc1ccc(C(c2ccc(NC(=O)[C@](N)(CCCCN)C(=O)Cc3c[nH]c4ccccc34)cc2)c2ccc(NC(=O)[C@](N)(CCCCN)C(=O)Cc3c[nH]c4ccccc34)cc2)cc1.O=C(O)C(F)(F)F. The van der Waals surface area contributed by atoms with E-state index >= 15 is 0 Å².